The molecule has 4 fully saturated rings. The van der Waals surface area contributed by atoms with Crippen molar-refractivity contribution in [1.29, 1.82) is 0 Å². The number of carboxylic acids is 1. The lowest BCUT2D eigenvalue weighted by molar-refractivity contribution is -0.193. The van der Waals surface area contributed by atoms with Gasteiger partial charge in [0, 0.05) is 5.54 Å². The van der Waals surface area contributed by atoms with Gasteiger partial charge < -0.3 is 15.2 Å². The average molecular weight is 357 g/mol. The van der Waals surface area contributed by atoms with Crippen molar-refractivity contribution in [3.63, 3.8) is 0 Å². The van der Waals surface area contributed by atoms with Crippen LogP contribution in [0.15, 0.2) is 30.3 Å². The minimum atomic E-state index is -0.717. The third kappa shape index (κ3) is 2.87. The fourth-order valence-electron chi connectivity index (χ4n) is 7.03. The van der Waals surface area contributed by atoms with Crippen molar-refractivity contribution in [3.05, 3.63) is 35.9 Å². The molecule has 26 heavy (non-hydrogen) atoms. The first kappa shape index (κ1) is 17.4. The van der Waals surface area contributed by atoms with Crippen LogP contribution in [0, 0.1) is 16.2 Å². The van der Waals surface area contributed by atoms with Crippen molar-refractivity contribution in [2.45, 2.75) is 64.5 Å². The molecule has 5 heteroatoms. The van der Waals surface area contributed by atoms with Gasteiger partial charge in [-0.2, -0.15) is 0 Å². The number of ether oxygens (including phenoxy) is 1. The maximum atomic E-state index is 12.5. The third-order valence-corrected chi connectivity index (χ3v) is 6.62. The second kappa shape index (κ2) is 5.48. The van der Waals surface area contributed by atoms with Crippen molar-refractivity contribution in [2.24, 2.45) is 16.2 Å². The molecule has 1 aromatic rings. The number of amides is 1. The fourth-order valence-corrected chi connectivity index (χ4v) is 7.03. The highest BCUT2D eigenvalue weighted by molar-refractivity contribution is 5.77. The Balaban J connectivity index is 1.52. The van der Waals surface area contributed by atoms with Crippen LogP contribution in [0.3, 0.4) is 0 Å². The Labute approximate surface area is 154 Å². The lowest BCUT2D eigenvalue weighted by atomic mass is 9.38. The monoisotopic (exact) mass is 357 g/mol. The Bertz CT molecular complexity index is 726. The number of hydrogen-bond acceptors (Lipinski definition) is 3. The molecule has 0 radical (unpaired) electrons. The zero-order valence-electron chi connectivity index (χ0n) is 15.5. The second-order valence-electron chi connectivity index (χ2n) is 9.73. The number of aliphatic carboxylic acids is 1. The van der Waals surface area contributed by atoms with Crippen LogP contribution in [0.1, 0.15) is 57.9 Å². The van der Waals surface area contributed by atoms with Crippen LogP contribution in [0.25, 0.3) is 0 Å². The van der Waals surface area contributed by atoms with E-state index in [0.29, 0.717) is 19.3 Å². The van der Waals surface area contributed by atoms with Crippen molar-refractivity contribution in [3.8, 4) is 0 Å². The lowest BCUT2D eigenvalue weighted by Crippen LogP contribution is -2.69. The quantitative estimate of drug-likeness (QED) is 0.850. The van der Waals surface area contributed by atoms with Crippen LogP contribution in [0.2, 0.25) is 0 Å². The molecule has 2 atom stereocenters. The van der Waals surface area contributed by atoms with Gasteiger partial charge in [-0.1, -0.05) is 44.2 Å². The zero-order chi connectivity index (χ0) is 18.6. The van der Waals surface area contributed by atoms with Gasteiger partial charge in [-0.25, -0.2) is 4.79 Å². The van der Waals surface area contributed by atoms with E-state index in [2.05, 4.69) is 19.2 Å². The zero-order valence-corrected chi connectivity index (χ0v) is 15.5. The fraction of sp³-hybridized carbons (Fsp3) is 0.619. The number of carbonyl (C=O) groups excluding carboxylic acids is 1. The van der Waals surface area contributed by atoms with E-state index in [-0.39, 0.29) is 17.4 Å². The molecule has 4 aliphatic carbocycles. The van der Waals surface area contributed by atoms with Crippen LogP contribution >= 0.6 is 0 Å². The number of rotatable bonds is 4. The van der Waals surface area contributed by atoms with Crippen LogP contribution in [0.4, 0.5) is 4.79 Å². The highest BCUT2D eigenvalue weighted by atomic mass is 16.5. The first-order chi connectivity index (χ1) is 12.2. The standard InChI is InChI=1S/C21H27NO4/c1-18-9-19(2)11-20(10-18,16(23)24)14-21(12-18,13-19)22-17(25)26-8-15-6-4-3-5-7-15/h3-7H,8-14H2,1-2H3,(H,22,25)(H,23,24). The van der Waals surface area contributed by atoms with E-state index in [4.69, 9.17) is 4.74 Å². The summed E-state index contributed by atoms with van der Waals surface area (Å²) in [6.07, 6.45) is 4.22. The summed E-state index contributed by atoms with van der Waals surface area (Å²) in [5, 5.41) is 13.1. The van der Waals surface area contributed by atoms with Gasteiger partial charge in [0.25, 0.3) is 0 Å². The van der Waals surface area contributed by atoms with Gasteiger partial charge in [-0.3, -0.25) is 4.79 Å². The first-order valence-electron chi connectivity index (χ1n) is 9.38. The minimum absolute atomic E-state index is 0.0331. The van der Waals surface area contributed by atoms with Gasteiger partial charge in [-0.05, 0) is 54.9 Å². The molecular weight excluding hydrogens is 330 g/mol. The summed E-state index contributed by atoms with van der Waals surface area (Å²) in [6, 6.07) is 9.58. The summed E-state index contributed by atoms with van der Waals surface area (Å²) in [7, 11) is 0. The van der Waals surface area contributed by atoms with Crippen LogP contribution in [-0.2, 0) is 16.1 Å². The molecule has 2 N–H and O–H groups in total. The highest BCUT2D eigenvalue weighted by Gasteiger charge is 2.68. The first-order valence-corrected chi connectivity index (χ1v) is 9.38. The maximum absolute atomic E-state index is 12.5. The van der Waals surface area contributed by atoms with E-state index in [1.165, 1.54) is 0 Å². The van der Waals surface area contributed by atoms with Gasteiger partial charge in [0.15, 0.2) is 0 Å². The normalized spacial score (nSPS) is 40.2. The molecule has 4 bridgehead atoms. The van der Waals surface area contributed by atoms with E-state index < -0.39 is 23.0 Å². The Morgan fingerprint density at radius 1 is 1.00 bits per heavy atom. The summed E-state index contributed by atoms with van der Waals surface area (Å²) in [5.74, 6) is -0.710. The predicted molar refractivity (Wildman–Crippen MR) is 96.5 cm³/mol. The molecule has 0 aromatic heterocycles. The summed E-state index contributed by atoms with van der Waals surface area (Å²) in [4.78, 5) is 24.6. The van der Waals surface area contributed by atoms with Crippen molar-refractivity contribution in [2.75, 3.05) is 0 Å². The number of hydrogen-bond donors (Lipinski definition) is 2. The molecule has 5 rings (SSSR count). The van der Waals surface area contributed by atoms with E-state index >= 15 is 0 Å². The second-order valence-corrected chi connectivity index (χ2v) is 9.73. The lowest BCUT2D eigenvalue weighted by Gasteiger charge is -2.68. The maximum Gasteiger partial charge on any atom is 0.407 e. The summed E-state index contributed by atoms with van der Waals surface area (Å²) < 4.78 is 5.43. The molecule has 0 heterocycles. The predicted octanol–water partition coefficient (Wildman–Crippen LogP) is 4.12. The molecule has 1 amide bonds. The summed E-state index contributed by atoms with van der Waals surface area (Å²) >= 11 is 0. The third-order valence-electron chi connectivity index (χ3n) is 6.62. The van der Waals surface area contributed by atoms with Gasteiger partial charge in [0.1, 0.15) is 6.61 Å². The van der Waals surface area contributed by atoms with Gasteiger partial charge in [0.05, 0.1) is 5.41 Å². The molecule has 0 saturated heterocycles. The highest BCUT2D eigenvalue weighted by Crippen LogP contribution is 2.70. The van der Waals surface area contributed by atoms with Crippen molar-refractivity contribution in [1.82, 2.24) is 5.32 Å². The van der Waals surface area contributed by atoms with Gasteiger partial charge in [0.2, 0.25) is 0 Å². The van der Waals surface area contributed by atoms with E-state index in [1.54, 1.807) is 0 Å². The van der Waals surface area contributed by atoms with Crippen LogP contribution in [-0.4, -0.2) is 22.7 Å². The van der Waals surface area contributed by atoms with Crippen molar-refractivity contribution < 1.29 is 19.4 Å². The molecule has 140 valence electrons. The Hall–Kier alpha value is -2.04. The van der Waals surface area contributed by atoms with E-state index in [9.17, 15) is 14.7 Å². The van der Waals surface area contributed by atoms with Gasteiger partial charge in [-0.15, -0.1) is 0 Å². The Morgan fingerprint density at radius 2 is 1.62 bits per heavy atom. The van der Waals surface area contributed by atoms with E-state index in [0.717, 1.165) is 24.8 Å². The largest absolute Gasteiger partial charge is 0.481 e. The molecular formula is C21H27NO4. The summed E-state index contributed by atoms with van der Waals surface area (Å²) in [6.45, 7) is 4.60. The Kier molecular flexibility index (Phi) is 3.66. The smallest absolute Gasteiger partial charge is 0.407 e. The number of nitrogens with one attached hydrogen (secondary N) is 1. The SMILES string of the molecule is CC12CC3(C)CC(NC(=O)OCc4ccccc4)(C1)CC(C(=O)O)(C2)C3. The topological polar surface area (TPSA) is 75.6 Å². The molecule has 4 aliphatic rings. The molecule has 0 spiro atoms. The molecule has 1 aromatic carbocycles. The molecule has 5 nitrogen and oxygen atoms in total. The molecule has 4 saturated carbocycles. The Morgan fingerprint density at radius 3 is 2.19 bits per heavy atom. The summed E-state index contributed by atoms with van der Waals surface area (Å²) in [5.41, 5.74) is -0.312. The van der Waals surface area contributed by atoms with Crippen molar-refractivity contribution >= 4 is 12.1 Å². The number of benzene rings is 1. The van der Waals surface area contributed by atoms with E-state index in [1.807, 2.05) is 30.3 Å². The molecule has 2 unspecified atom stereocenters. The number of alkyl carbamates (subject to hydrolysis) is 1. The number of carbonyl (C=O) groups is 2. The molecule has 0 aliphatic heterocycles. The van der Waals surface area contributed by atoms with Crippen LogP contribution in [0.5, 0.6) is 0 Å². The minimum Gasteiger partial charge on any atom is -0.481 e. The number of carboxylic acid groups (broad SMARTS) is 1. The van der Waals surface area contributed by atoms with Gasteiger partial charge >= 0.3 is 12.1 Å². The van der Waals surface area contributed by atoms with Crippen LogP contribution < -0.4 is 5.32 Å². The average Bonchev–Trinajstić information content (AvgIpc) is 2.50.